The van der Waals surface area contributed by atoms with E-state index in [-0.39, 0.29) is 11.9 Å². The van der Waals surface area contributed by atoms with E-state index in [1.165, 1.54) is 7.11 Å². The van der Waals surface area contributed by atoms with Crippen LogP contribution in [0.4, 0.5) is 0 Å². The summed E-state index contributed by atoms with van der Waals surface area (Å²) in [6, 6.07) is 4.03. The first-order valence-electron chi connectivity index (χ1n) is 7.69. The molecular weight excluding hydrogens is 294 g/mol. The minimum atomic E-state index is -0.420. The van der Waals surface area contributed by atoms with Gasteiger partial charge in [-0.3, -0.25) is 4.79 Å². The Morgan fingerprint density at radius 3 is 2.74 bits per heavy atom. The number of hydrogen-bond acceptors (Lipinski definition) is 3. The molecule has 0 fully saturated rings. The number of fused-ring (bicyclic) bond motifs is 1. The van der Waals surface area contributed by atoms with Gasteiger partial charge in [-0.2, -0.15) is 0 Å². The Morgan fingerprint density at radius 1 is 1.30 bits per heavy atom. The number of H-pyrrole nitrogens is 1. The van der Waals surface area contributed by atoms with Crippen molar-refractivity contribution < 1.29 is 14.3 Å². The third-order valence-corrected chi connectivity index (χ3v) is 4.64. The summed E-state index contributed by atoms with van der Waals surface area (Å²) in [6.45, 7) is 7.00. The smallest absolute Gasteiger partial charge is 0.339 e. The van der Waals surface area contributed by atoms with Crippen molar-refractivity contribution in [1.29, 1.82) is 0 Å². The number of nitrogens with zero attached hydrogens (tertiary/aromatic N) is 2. The molecule has 3 heterocycles. The van der Waals surface area contributed by atoms with Crippen LogP contribution in [0.2, 0.25) is 0 Å². The number of ether oxygens (including phenoxy) is 1. The summed E-state index contributed by atoms with van der Waals surface area (Å²) in [5, 5.41) is 0. The number of rotatable bonds is 2. The highest BCUT2D eigenvalue weighted by Gasteiger charge is 2.31. The van der Waals surface area contributed by atoms with Gasteiger partial charge in [0.15, 0.2) is 0 Å². The summed E-state index contributed by atoms with van der Waals surface area (Å²) >= 11 is 0. The molecule has 0 spiro atoms. The Hall–Kier alpha value is -2.50. The van der Waals surface area contributed by atoms with Crippen LogP contribution in [0.15, 0.2) is 18.3 Å². The highest BCUT2D eigenvalue weighted by Crippen LogP contribution is 2.28. The Bertz CT molecular complexity index is 772. The van der Waals surface area contributed by atoms with Crippen molar-refractivity contribution in [3.63, 3.8) is 0 Å². The number of aryl methyl sites for hydroxylation is 1. The molecule has 0 saturated carbocycles. The third-order valence-electron chi connectivity index (χ3n) is 4.64. The van der Waals surface area contributed by atoms with Crippen molar-refractivity contribution >= 4 is 11.9 Å². The van der Waals surface area contributed by atoms with Gasteiger partial charge in [0.05, 0.1) is 18.7 Å². The normalized spacial score (nSPS) is 17.0. The molecule has 0 unspecified atom stereocenters. The number of esters is 1. The third kappa shape index (κ3) is 2.34. The lowest BCUT2D eigenvalue weighted by Crippen LogP contribution is -2.41. The Kier molecular flexibility index (Phi) is 3.75. The van der Waals surface area contributed by atoms with E-state index in [1.54, 1.807) is 13.8 Å². The summed E-state index contributed by atoms with van der Waals surface area (Å²) in [5.41, 5.74) is 3.34. The van der Waals surface area contributed by atoms with Crippen LogP contribution >= 0.6 is 0 Å². The minimum absolute atomic E-state index is 0.00386. The van der Waals surface area contributed by atoms with Crippen LogP contribution in [-0.4, -0.2) is 40.0 Å². The Morgan fingerprint density at radius 2 is 2.04 bits per heavy atom. The molecule has 23 heavy (non-hydrogen) atoms. The van der Waals surface area contributed by atoms with Gasteiger partial charge < -0.3 is 19.2 Å². The topological polar surface area (TPSA) is 67.3 Å². The van der Waals surface area contributed by atoms with E-state index in [2.05, 4.69) is 9.55 Å². The lowest BCUT2D eigenvalue weighted by Gasteiger charge is -2.34. The number of methoxy groups -OCH3 is 1. The van der Waals surface area contributed by atoms with Gasteiger partial charge in [-0.15, -0.1) is 0 Å². The first kappa shape index (κ1) is 15.4. The quantitative estimate of drug-likeness (QED) is 0.866. The molecule has 122 valence electrons. The summed E-state index contributed by atoms with van der Waals surface area (Å²) in [5.74, 6) is -0.503. The fourth-order valence-electron chi connectivity index (χ4n) is 3.37. The van der Waals surface area contributed by atoms with Crippen LogP contribution in [0.5, 0.6) is 0 Å². The van der Waals surface area contributed by atoms with E-state index in [0.29, 0.717) is 29.1 Å². The molecule has 3 rings (SSSR count). The van der Waals surface area contributed by atoms with E-state index in [4.69, 9.17) is 4.74 Å². The van der Waals surface area contributed by atoms with E-state index < -0.39 is 5.97 Å². The van der Waals surface area contributed by atoms with Crippen LogP contribution in [-0.2, 0) is 11.3 Å². The molecule has 2 aromatic rings. The van der Waals surface area contributed by atoms with Crippen molar-refractivity contribution in [2.45, 2.75) is 33.4 Å². The first-order valence-corrected chi connectivity index (χ1v) is 7.69. The lowest BCUT2D eigenvalue weighted by molar-refractivity contribution is 0.0599. The average Bonchev–Trinajstić information content (AvgIpc) is 3.11. The number of hydrogen-bond donors (Lipinski definition) is 1. The standard InChI is InChI=1S/C17H21N3O3/c1-10-14(17(22)23-4)11(2)18-15(10)16(21)20-9-8-19-7-5-6-13(19)12(20)3/h5-7,12,18H,8-9H2,1-4H3/t12-/m1/s1. The predicted molar refractivity (Wildman–Crippen MR) is 85.5 cm³/mol. The van der Waals surface area contributed by atoms with E-state index >= 15 is 0 Å². The van der Waals surface area contributed by atoms with Crippen molar-refractivity contribution in [2.24, 2.45) is 0 Å². The highest BCUT2D eigenvalue weighted by atomic mass is 16.5. The van der Waals surface area contributed by atoms with Crippen molar-refractivity contribution in [3.8, 4) is 0 Å². The second kappa shape index (κ2) is 5.61. The van der Waals surface area contributed by atoms with E-state index in [9.17, 15) is 9.59 Å². The number of carbonyl (C=O) groups excluding carboxylic acids is 2. The molecule has 1 aliphatic heterocycles. The fourth-order valence-corrected chi connectivity index (χ4v) is 3.37. The number of carbonyl (C=O) groups is 2. The minimum Gasteiger partial charge on any atom is -0.465 e. The van der Waals surface area contributed by atoms with Crippen molar-refractivity contribution in [3.05, 3.63) is 46.5 Å². The van der Waals surface area contributed by atoms with Gasteiger partial charge >= 0.3 is 5.97 Å². The summed E-state index contributed by atoms with van der Waals surface area (Å²) in [7, 11) is 1.34. The van der Waals surface area contributed by atoms with Crippen LogP contribution < -0.4 is 0 Å². The molecular formula is C17H21N3O3. The van der Waals surface area contributed by atoms with E-state index in [1.807, 2.05) is 30.2 Å². The van der Waals surface area contributed by atoms with Crippen molar-refractivity contribution in [1.82, 2.24) is 14.5 Å². The molecule has 0 saturated heterocycles. The molecule has 1 N–H and O–H groups in total. The van der Waals surface area contributed by atoms with Gasteiger partial charge in [0.1, 0.15) is 5.69 Å². The van der Waals surface area contributed by atoms with E-state index in [0.717, 1.165) is 12.2 Å². The molecule has 0 radical (unpaired) electrons. The molecule has 2 aromatic heterocycles. The molecule has 0 bridgehead atoms. The molecule has 1 atom stereocenters. The maximum absolute atomic E-state index is 13.0. The summed E-state index contributed by atoms with van der Waals surface area (Å²) in [6.07, 6.45) is 2.03. The molecule has 0 aliphatic carbocycles. The number of nitrogens with one attached hydrogen (secondary N) is 1. The first-order chi connectivity index (χ1) is 11.0. The highest BCUT2D eigenvalue weighted by molar-refractivity contribution is 6.00. The van der Waals surface area contributed by atoms with Gasteiger partial charge in [0, 0.05) is 30.7 Å². The Labute approximate surface area is 135 Å². The van der Waals surface area contributed by atoms with Gasteiger partial charge in [0.25, 0.3) is 5.91 Å². The number of aromatic amines is 1. The fraction of sp³-hybridized carbons (Fsp3) is 0.412. The molecule has 6 heteroatoms. The largest absolute Gasteiger partial charge is 0.465 e. The molecule has 0 aromatic carbocycles. The maximum atomic E-state index is 13.0. The zero-order valence-electron chi connectivity index (χ0n) is 13.8. The van der Waals surface area contributed by atoms with Crippen LogP contribution in [0.25, 0.3) is 0 Å². The average molecular weight is 315 g/mol. The van der Waals surface area contributed by atoms with Gasteiger partial charge in [-0.25, -0.2) is 4.79 Å². The maximum Gasteiger partial charge on any atom is 0.339 e. The molecule has 6 nitrogen and oxygen atoms in total. The molecule has 1 amide bonds. The zero-order chi connectivity index (χ0) is 16.7. The summed E-state index contributed by atoms with van der Waals surface area (Å²) in [4.78, 5) is 29.8. The van der Waals surface area contributed by atoms with Crippen LogP contribution in [0, 0.1) is 13.8 Å². The van der Waals surface area contributed by atoms with Crippen molar-refractivity contribution in [2.75, 3.05) is 13.7 Å². The van der Waals surface area contributed by atoms with Crippen LogP contribution in [0.3, 0.4) is 0 Å². The zero-order valence-corrected chi connectivity index (χ0v) is 13.8. The van der Waals surface area contributed by atoms with Crippen LogP contribution in [0.1, 0.15) is 50.8 Å². The van der Waals surface area contributed by atoms with Gasteiger partial charge in [0.2, 0.25) is 0 Å². The number of aromatic nitrogens is 2. The second-order valence-electron chi connectivity index (χ2n) is 5.92. The predicted octanol–water partition coefficient (Wildman–Crippen LogP) is 2.44. The monoisotopic (exact) mass is 315 g/mol. The summed E-state index contributed by atoms with van der Waals surface area (Å²) < 4.78 is 6.97. The second-order valence-corrected chi connectivity index (χ2v) is 5.92. The van der Waals surface area contributed by atoms with Gasteiger partial charge in [-0.1, -0.05) is 0 Å². The lowest BCUT2D eigenvalue weighted by atomic mass is 10.1. The SMILES string of the molecule is COC(=O)c1c(C)[nH]c(C(=O)N2CCn3cccc3[C@H]2C)c1C. The molecule has 1 aliphatic rings. The Balaban J connectivity index is 1.94. The number of amides is 1. The van der Waals surface area contributed by atoms with Gasteiger partial charge in [-0.05, 0) is 38.5 Å².